The summed E-state index contributed by atoms with van der Waals surface area (Å²) in [6.45, 7) is 4.30. The lowest BCUT2D eigenvalue weighted by atomic mass is 10.2. The number of hydrogen-bond acceptors (Lipinski definition) is 5. The Bertz CT molecular complexity index is 1020. The highest BCUT2D eigenvalue weighted by Gasteiger charge is 2.13. The highest BCUT2D eigenvalue weighted by molar-refractivity contribution is 5.79. The van der Waals surface area contributed by atoms with E-state index >= 15 is 0 Å². The summed E-state index contributed by atoms with van der Waals surface area (Å²) in [6.07, 6.45) is 0.950. The number of para-hydroxylation sites is 2. The van der Waals surface area contributed by atoms with Crippen LogP contribution in [0.2, 0.25) is 0 Å². The Morgan fingerprint density at radius 2 is 1.74 bits per heavy atom. The number of imidazole rings is 1. The van der Waals surface area contributed by atoms with Crippen molar-refractivity contribution < 1.29 is 14.2 Å². The van der Waals surface area contributed by atoms with Crippen LogP contribution in [0.5, 0.6) is 17.2 Å². The van der Waals surface area contributed by atoms with Crippen molar-refractivity contribution in [3.63, 3.8) is 0 Å². The fourth-order valence-corrected chi connectivity index (χ4v) is 3.57. The van der Waals surface area contributed by atoms with Gasteiger partial charge in [0.2, 0.25) is 5.75 Å². The molecular formula is C23H31N5O3. The van der Waals surface area contributed by atoms with Gasteiger partial charge in [0, 0.05) is 26.7 Å². The van der Waals surface area contributed by atoms with Crippen molar-refractivity contribution in [3.8, 4) is 17.2 Å². The first kappa shape index (κ1) is 22.3. The Hall–Kier alpha value is -3.42. The second-order valence-corrected chi connectivity index (χ2v) is 7.04. The van der Waals surface area contributed by atoms with Crippen LogP contribution in [-0.2, 0) is 13.1 Å². The van der Waals surface area contributed by atoms with Crippen molar-refractivity contribution in [2.75, 3.05) is 34.9 Å². The average Bonchev–Trinajstić information content (AvgIpc) is 3.12. The second-order valence-electron chi connectivity index (χ2n) is 7.04. The number of benzene rings is 2. The van der Waals surface area contributed by atoms with E-state index in [4.69, 9.17) is 14.2 Å². The van der Waals surface area contributed by atoms with Gasteiger partial charge in [0.1, 0.15) is 5.82 Å². The fraction of sp³-hybridized carbons (Fsp3) is 0.391. The minimum Gasteiger partial charge on any atom is -0.493 e. The van der Waals surface area contributed by atoms with Gasteiger partial charge in [0.15, 0.2) is 17.5 Å². The maximum Gasteiger partial charge on any atom is 0.203 e. The quantitative estimate of drug-likeness (QED) is 0.311. The highest BCUT2D eigenvalue weighted by Crippen LogP contribution is 2.38. The van der Waals surface area contributed by atoms with Crippen LogP contribution >= 0.6 is 0 Å². The molecule has 8 heteroatoms. The summed E-state index contributed by atoms with van der Waals surface area (Å²) in [4.78, 5) is 8.94. The van der Waals surface area contributed by atoms with Crippen LogP contribution in [0.3, 0.4) is 0 Å². The molecular weight excluding hydrogens is 394 g/mol. The standard InChI is InChI=1S/C23H31N5O3/c1-16-27-18-9-6-7-10-19(18)28(16)12-8-11-25-23(24-2)26-15-17-13-20(29-3)22(31-5)21(14-17)30-4/h6-7,9-10,13-14H,8,11-12,15H2,1-5H3,(H2,24,25,26). The number of hydrogen-bond donors (Lipinski definition) is 2. The molecule has 166 valence electrons. The van der Waals surface area contributed by atoms with E-state index in [0.29, 0.717) is 23.8 Å². The van der Waals surface area contributed by atoms with Gasteiger partial charge < -0.3 is 29.4 Å². The molecule has 2 N–H and O–H groups in total. The summed E-state index contributed by atoms with van der Waals surface area (Å²) >= 11 is 0. The Morgan fingerprint density at radius 3 is 2.39 bits per heavy atom. The van der Waals surface area contributed by atoms with Gasteiger partial charge in [-0.3, -0.25) is 4.99 Å². The van der Waals surface area contributed by atoms with E-state index in [2.05, 4.69) is 31.2 Å². The van der Waals surface area contributed by atoms with Crippen LogP contribution < -0.4 is 24.8 Å². The number of aliphatic imine (C=N–C) groups is 1. The van der Waals surface area contributed by atoms with E-state index in [-0.39, 0.29) is 0 Å². The van der Waals surface area contributed by atoms with Crippen LogP contribution in [0.1, 0.15) is 17.8 Å². The molecule has 0 aliphatic rings. The van der Waals surface area contributed by atoms with Crippen LogP contribution in [0.4, 0.5) is 0 Å². The minimum atomic E-state index is 0.571. The van der Waals surface area contributed by atoms with Gasteiger partial charge in [0.05, 0.1) is 32.4 Å². The molecule has 8 nitrogen and oxygen atoms in total. The van der Waals surface area contributed by atoms with Gasteiger partial charge in [-0.25, -0.2) is 4.98 Å². The predicted octanol–water partition coefficient (Wildman–Crippen LogP) is 3.13. The van der Waals surface area contributed by atoms with Crippen molar-refractivity contribution in [2.45, 2.75) is 26.4 Å². The van der Waals surface area contributed by atoms with Gasteiger partial charge >= 0.3 is 0 Å². The number of fused-ring (bicyclic) bond motifs is 1. The predicted molar refractivity (Wildman–Crippen MR) is 123 cm³/mol. The molecule has 0 aliphatic carbocycles. The summed E-state index contributed by atoms with van der Waals surface area (Å²) < 4.78 is 18.5. The number of methoxy groups -OCH3 is 3. The molecule has 1 aromatic heterocycles. The average molecular weight is 426 g/mol. The van der Waals surface area contributed by atoms with E-state index in [1.807, 2.05) is 37.3 Å². The monoisotopic (exact) mass is 425 g/mol. The number of nitrogens with zero attached hydrogens (tertiary/aromatic N) is 3. The van der Waals surface area contributed by atoms with E-state index < -0.39 is 0 Å². The number of aryl methyl sites for hydroxylation is 2. The van der Waals surface area contributed by atoms with E-state index in [9.17, 15) is 0 Å². The molecule has 0 unspecified atom stereocenters. The van der Waals surface area contributed by atoms with Crippen LogP contribution in [0.15, 0.2) is 41.4 Å². The normalized spacial score (nSPS) is 11.5. The van der Waals surface area contributed by atoms with Crippen molar-refractivity contribution in [1.29, 1.82) is 0 Å². The number of nitrogens with one attached hydrogen (secondary N) is 2. The van der Waals surface area contributed by atoms with Crippen LogP contribution in [0, 0.1) is 6.92 Å². The van der Waals surface area contributed by atoms with Crippen molar-refractivity contribution in [2.24, 2.45) is 4.99 Å². The Balaban J connectivity index is 1.54. The molecule has 0 saturated carbocycles. The lowest BCUT2D eigenvalue weighted by Crippen LogP contribution is -2.37. The zero-order valence-electron chi connectivity index (χ0n) is 18.9. The van der Waals surface area contributed by atoms with Gasteiger partial charge in [-0.1, -0.05) is 12.1 Å². The SMILES string of the molecule is CN=C(NCCCn1c(C)nc2ccccc21)NCc1cc(OC)c(OC)c(OC)c1. The van der Waals surface area contributed by atoms with Crippen LogP contribution in [-0.4, -0.2) is 50.4 Å². The third-order valence-corrected chi connectivity index (χ3v) is 5.10. The molecule has 1 heterocycles. The summed E-state index contributed by atoms with van der Waals surface area (Å²) in [5, 5.41) is 6.70. The second kappa shape index (κ2) is 10.6. The third kappa shape index (κ3) is 5.20. The fourth-order valence-electron chi connectivity index (χ4n) is 3.57. The highest BCUT2D eigenvalue weighted by atomic mass is 16.5. The molecule has 0 saturated heterocycles. The maximum atomic E-state index is 5.42. The van der Waals surface area contributed by atoms with Crippen molar-refractivity contribution in [1.82, 2.24) is 20.2 Å². The zero-order chi connectivity index (χ0) is 22.2. The van der Waals surface area contributed by atoms with Gasteiger partial charge in [-0.05, 0) is 43.2 Å². The molecule has 0 atom stereocenters. The summed E-state index contributed by atoms with van der Waals surface area (Å²) in [7, 11) is 6.58. The molecule has 0 spiro atoms. The summed E-state index contributed by atoms with van der Waals surface area (Å²) in [5.74, 6) is 3.61. The molecule has 31 heavy (non-hydrogen) atoms. The first-order valence-corrected chi connectivity index (χ1v) is 10.3. The molecule has 0 aliphatic heterocycles. The molecule has 0 amide bonds. The van der Waals surface area contributed by atoms with E-state index in [1.165, 1.54) is 5.52 Å². The first-order chi connectivity index (χ1) is 15.1. The van der Waals surface area contributed by atoms with E-state index in [0.717, 1.165) is 42.4 Å². The lowest BCUT2D eigenvalue weighted by molar-refractivity contribution is 0.323. The summed E-state index contributed by atoms with van der Waals surface area (Å²) in [5.41, 5.74) is 3.21. The number of ether oxygens (including phenoxy) is 3. The Labute approximate surface area is 183 Å². The summed E-state index contributed by atoms with van der Waals surface area (Å²) in [6, 6.07) is 12.1. The smallest absolute Gasteiger partial charge is 0.203 e. The zero-order valence-corrected chi connectivity index (χ0v) is 18.9. The Morgan fingerprint density at radius 1 is 1.03 bits per heavy atom. The molecule has 3 aromatic rings. The molecule has 0 bridgehead atoms. The third-order valence-electron chi connectivity index (χ3n) is 5.10. The lowest BCUT2D eigenvalue weighted by Gasteiger charge is -2.16. The maximum absolute atomic E-state index is 5.42. The van der Waals surface area contributed by atoms with Crippen LogP contribution in [0.25, 0.3) is 11.0 Å². The Kier molecular flexibility index (Phi) is 7.59. The largest absolute Gasteiger partial charge is 0.493 e. The molecule has 0 radical (unpaired) electrons. The first-order valence-electron chi connectivity index (χ1n) is 10.3. The number of aromatic nitrogens is 2. The minimum absolute atomic E-state index is 0.571. The number of guanidine groups is 1. The molecule has 2 aromatic carbocycles. The van der Waals surface area contributed by atoms with Gasteiger partial charge in [-0.2, -0.15) is 0 Å². The molecule has 0 fully saturated rings. The van der Waals surface area contributed by atoms with Crippen molar-refractivity contribution in [3.05, 3.63) is 47.8 Å². The van der Waals surface area contributed by atoms with Crippen molar-refractivity contribution >= 4 is 17.0 Å². The number of rotatable bonds is 9. The van der Waals surface area contributed by atoms with Gasteiger partial charge in [-0.15, -0.1) is 0 Å². The van der Waals surface area contributed by atoms with Gasteiger partial charge in [0.25, 0.3) is 0 Å². The molecule has 3 rings (SSSR count). The van der Waals surface area contributed by atoms with E-state index in [1.54, 1.807) is 28.4 Å². The topological polar surface area (TPSA) is 81.9 Å².